The maximum absolute atomic E-state index is 13.0. The zero-order chi connectivity index (χ0) is 15.6. The van der Waals surface area contributed by atoms with Crippen LogP contribution in [-0.4, -0.2) is 5.78 Å². The summed E-state index contributed by atoms with van der Waals surface area (Å²) in [5.74, 6) is -2.34. The number of benzene rings is 2. The predicted molar refractivity (Wildman–Crippen MR) is 65.8 cm³/mol. The fraction of sp³-hybridized carbons (Fsp3) is 0.133. The average Bonchev–Trinajstić information content (AvgIpc) is 2.36. The van der Waals surface area contributed by atoms with Crippen LogP contribution in [0.5, 0.6) is 0 Å². The number of rotatable bonds is 3. The van der Waals surface area contributed by atoms with Crippen molar-refractivity contribution in [2.24, 2.45) is 0 Å². The molecule has 0 aliphatic rings. The van der Waals surface area contributed by atoms with Crippen LogP contribution in [-0.2, 0) is 12.6 Å². The molecule has 0 saturated heterocycles. The molecule has 0 fully saturated rings. The number of ketones is 1. The second-order valence-electron chi connectivity index (χ2n) is 4.46. The van der Waals surface area contributed by atoms with E-state index >= 15 is 0 Å². The Morgan fingerprint density at radius 2 is 1.57 bits per heavy atom. The number of halogens is 5. The molecule has 2 aromatic carbocycles. The van der Waals surface area contributed by atoms with Gasteiger partial charge < -0.3 is 0 Å². The molecule has 0 saturated carbocycles. The summed E-state index contributed by atoms with van der Waals surface area (Å²) in [5, 5.41) is 0. The fourth-order valence-electron chi connectivity index (χ4n) is 1.87. The lowest BCUT2D eigenvalue weighted by molar-refractivity contribution is -0.137. The molecule has 1 nitrogen and oxygen atoms in total. The predicted octanol–water partition coefficient (Wildman–Crippen LogP) is 4.41. The summed E-state index contributed by atoms with van der Waals surface area (Å²) in [7, 11) is 0. The summed E-state index contributed by atoms with van der Waals surface area (Å²) < 4.78 is 63.7. The quantitative estimate of drug-likeness (QED) is 0.606. The minimum Gasteiger partial charge on any atom is -0.294 e. The van der Waals surface area contributed by atoms with E-state index in [0.717, 1.165) is 30.3 Å². The Hall–Kier alpha value is -2.24. The van der Waals surface area contributed by atoms with E-state index in [1.807, 2.05) is 0 Å². The van der Waals surface area contributed by atoms with Gasteiger partial charge in [-0.2, -0.15) is 13.2 Å². The molecule has 0 unspecified atom stereocenters. The van der Waals surface area contributed by atoms with E-state index in [4.69, 9.17) is 0 Å². The van der Waals surface area contributed by atoms with Crippen LogP contribution in [0.15, 0.2) is 42.5 Å². The van der Waals surface area contributed by atoms with Crippen molar-refractivity contribution < 1.29 is 26.7 Å². The Kier molecular flexibility index (Phi) is 4.06. The summed E-state index contributed by atoms with van der Waals surface area (Å²) in [6, 6.07) is 6.49. The van der Waals surface area contributed by atoms with Crippen molar-refractivity contribution in [3.63, 3.8) is 0 Å². The van der Waals surface area contributed by atoms with Crippen molar-refractivity contribution in [1.82, 2.24) is 0 Å². The van der Waals surface area contributed by atoms with Crippen LogP contribution in [0.4, 0.5) is 22.0 Å². The second-order valence-corrected chi connectivity index (χ2v) is 4.46. The molecule has 0 spiro atoms. The molecular weight excluding hydrogens is 291 g/mol. The lowest BCUT2D eigenvalue weighted by Crippen LogP contribution is -2.09. The normalized spacial score (nSPS) is 11.5. The van der Waals surface area contributed by atoms with Crippen LogP contribution in [0.1, 0.15) is 21.5 Å². The third kappa shape index (κ3) is 3.87. The molecule has 0 radical (unpaired) electrons. The maximum Gasteiger partial charge on any atom is 0.416 e. The average molecular weight is 300 g/mol. The lowest BCUT2D eigenvalue weighted by Gasteiger charge is -2.08. The van der Waals surface area contributed by atoms with Crippen molar-refractivity contribution in [2.45, 2.75) is 12.6 Å². The van der Waals surface area contributed by atoms with Gasteiger partial charge in [0, 0.05) is 18.1 Å². The molecule has 0 aliphatic carbocycles. The summed E-state index contributed by atoms with van der Waals surface area (Å²) in [5.41, 5.74) is -1.04. The Morgan fingerprint density at radius 1 is 0.952 bits per heavy atom. The third-order valence-electron chi connectivity index (χ3n) is 2.80. The minimum atomic E-state index is -4.55. The van der Waals surface area contributed by atoms with Gasteiger partial charge in [-0.25, -0.2) is 8.78 Å². The number of hydrogen-bond donors (Lipinski definition) is 0. The Morgan fingerprint density at radius 3 is 2.14 bits per heavy atom. The van der Waals surface area contributed by atoms with Crippen LogP contribution in [0.3, 0.4) is 0 Å². The van der Waals surface area contributed by atoms with Gasteiger partial charge in [0.05, 0.1) is 5.56 Å². The van der Waals surface area contributed by atoms with Gasteiger partial charge in [-0.15, -0.1) is 0 Å². The van der Waals surface area contributed by atoms with Crippen molar-refractivity contribution in [1.29, 1.82) is 0 Å². The van der Waals surface area contributed by atoms with Gasteiger partial charge in [0.1, 0.15) is 11.6 Å². The third-order valence-corrected chi connectivity index (χ3v) is 2.80. The largest absolute Gasteiger partial charge is 0.416 e. The molecule has 0 atom stereocenters. The highest BCUT2D eigenvalue weighted by atomic mass is 19.4. The van der Waals surface area contributed by atoms with E-state index in [9.17, 15) is 26.7 Å². The standard InChI is InChI=1S/C15H9F5O/c16-12-4-9(5-13(17)8-12)6-14(21)10-2-1-3-11(7-10)15(18,19)20/h1-5,7-8H,6H2. The molecule has 2 rings (SSSR count). The lowest BCUT2D eigenvalue weighted by atomic mass is 10.0. The Labute approximate surface area is 117 Å². The minimum absolute atomic E-state index is 0.0647. The van der Waals surface area contributed by atoms with Gasteiger partial charge in [0.2, 0.25) is 0 Å². The van der Waals surface area contributed by atoms with Gasteiger partial charge in [0.15, 0.2) is 5.78 Å². The highest BCUT2D eigenvalue weighted by Crippen LogP contribution is 2.29. The molecule has 21 heavy (non-hydrogen) atoms. The molecular formula is C15H9F5O. The van der Waals surface area contributed by atoms with Crippen LogP contribution < -0.4 is 0 Å². The zero-order valence-electron chi connectivity index (χ0n) is 10.5. The second kappa shape index (κ2) is 5.63. The highest BCUT2D eigenvalue weighted by Gasteiger charge is 2.30. The zero-order valence-corrected chi connectivity index (χ0v) is 10.5. The van der Waals surface area contributed by atoms with Crippen LogP contribution in [0.2, 0.25) is 0 Å². The number of alkyl halides is 3. The molecule has 0 N–H and O–H groups in total. The summed E-state index contributed by atoms with van der Waals surface area (Å²) in [6.45, 7) is 0. The first-order valence-corrected chi connectivity index (χ1v) is 5.91. The van der Waals surface area contributed by atoms with Crippen molar-refractivity contribution >= 4 is 5.78 Å². The van der Waals surface area contributed by atoms with E-state index in [1.54, 1.807) is 0 Å². The molecule has 110 valence electrons. The first-order valence-electron chi connectivity index (χ1n) is 5.91. The Bertz CT molecular complexity index is 656. The van der Waals surface area contributed by atoms with Gasteiger partial charge in [-0.05, 0) is 29.8 Å². The number of carbonyl (C=O) groups is 1. The van der Waals surface area contributed by atoms with Crippen LogP contribution in [0, 0.1) is 11.6 Å². The molecule has 0 amide bonds. The molecule has 0 aliphatic heterocycles. The van der Waals surface area contributed by atoms with Gasteiger partial charge >= 0.3 is 6.18 Å². The van der Waals surface area contributed by atoms with Gasteiger partial charge in [-0.1, -0.05) is 12.1 Å². The summed E-state index contributed by atoms with van der Waals surface area (Å²) in [4.78, 5) is 11.9. The molecule has 6 heteroatoms. The van der Waals surface area contributed by atoms with Crippen LogP contribution >= 0.6 is 0 Å². The van der Waals surface area contributed by atoms with Crippen LogP contribution in [0.25, 0.3) is 0 Å². The maximum atomic E-state index is 13.0. The van der Waals surface area contributed by atoms with E-state index in [0.29, 0.717) is 6.07 Å². The first-order chi connectivity index (χ1) is 9.75. The molecule has 2 aromatic rings. The van der Waals surface area contributed by atoms with Gasteiger partial charge in [0.25, 0.3) is 0 Å². The van der Waals surface area contributed by atoms with E-state index in [1.165, 1.54) is 6.07 Å². The SMILES string of the molecule is O=C(Cc1cc(F)cc(F)c1)c1cccc(C(F)(F)F)c1. The molecule has 0 bridgehead atoms. The van der Waals surface area contributed by atoms with E-state index in [2.05, 4.69) is 0 Å². The van der Waals surface area contributed by atoms with E-state index in [-0.39, 0.29) is 17.5 Å². The van der Waals surface area contributed by atoms with Gasteiger partial charge in [-0.3, -0.25) is 4.79 Å². The number of Topliss-reactive ketones (excluding diaryl/α,β-unsaturated/α-hetero) is 1. The first kappa shape index (κ1) is 15.2. The highest BCUT2D eigenvalue weighted by molar-refractivity contribution is 5.97. The van der Waals surface area contributed by atoms with Crippen molar-refractivity contribution in [3.05, 3.63) is 70.8 Å². The monoisotopic (exact) mass is 300 g/mol. The number of carbonyl (C=O) groups excluding carboxylic acids is 1. The molecule has 0 heterocycles. The summed E-state index contributed by atoms with van der Waals surface area (Å²) >= 11 is 0. The van der Waals surface area contributed by atoms with Crippen molar-refractivity contribution in [3.8, 4) is 0 Å². The fourth-order valence-corrected chi connectivity index (χ4v) is 1.87. The van der Waals surface area contributed by atoms with E-state index < -0.39 is 29.2 Å². The number of hydrogen-bond acceptors (Lipinski definition) is 1. The van der Waals surface area contributed by atoms with Crippen molar-refractivity contribution in [2.75, 3.05) is 0 Å². The molecule has 0 aromatic heterocycles. The Balaban J connectivity index is 2.24. The smallest absolute Gasteiger partial charge is 0.294 e. The topological polar surface area (TPSA) is 17.1 Å². The summed E-state index contributed by atoms with van der Waals surface area (Å²) in [6.07, 6.45) is -4.93.